The molecular weight excluding hydrogens is 384 g/mol. The summed E-state index contributed by atoms with van der Waals surface area (Å²) in [5.74, 6) is 0. The fraction of sp³-hybridized carbons (Fsp3) is 0.417. The van der Waals surface area contributed by atoms with Gasteiger partial charge in [-0.2, -0.15) is 0 Å². The van der Waals surface area contributed by atoms with Crippen LogP contribution >= 0.6 is 0 Å². The summed E-state index contributed by atoms with van der Waals surface area (Å²) in [6.45, 7) is 4.70. The summed E-state index contributed by atoms with van der Waals surface area (Å²) in [7, 11) is 0. The lowest BCUT2D eigenvalue weighted by Crippen LogP contribution is -2.66. The van der Waals surface area contributed by atoms with E-state index in [1.807, 2.05) is 6.07 Å². The topological polar surface area (TPSA) is 121 Å². The van der Waals surface area contributed by atoms with Crippen molar-refractivity contribution in [2.24, 2.45) is 0 Å². The fourth-order valence-electron chi connectivity index (χ4n) is 3.91. The summed E-state index contributed by atoms with van der Waals surface area (Å²) in [6.07, 6.45) is -5.79. The zero-order valence-electron chi connectivity index (χ0n) is 17.2. The molecule has 2 rings (SSSR count). The lowest BCUT2D eigenvalue weighted by Gasteiger charge is -2.46. The highest BCUT2D eigenvalue weighted by molar-refractivity contribution is 5.24. The lowest BCUT2D eigenvalue weighted by molar-refractivity contribution is -0.228. The van der Waals surface area contributed by atoms with Crippen LogP contribution in [0.2, 0.25) is 0 Å². The lowest BCUT2D eigenvalue weighted by atomic mass is 9.71. The Labute approximate surface area is 177 Å². The van der Waals surface area contributed by atoms with Crippen LogP contribution in [0.4, 0.5) is 0 Å². The van der Waals surface area contributed by atoms with Crippen molar-refractivity contribution in [1.29, 1.82) is 0 Å². The Morgan fingerprint density at radius 2 is 1.33 bits per heavy atom. The zero-order valence-corrected chi connectivity index (χ0v) is 17.2. The number of benzene rings is 2. The van der Waals surface area contributed by atoms with E-state index in [2.05, 4.69) is 6.58 Å². The summed E-state index contributed by atoms with van der Waals surface area (Å²) < 4.78 is 0. The summed E-state index contributed by atoms with van der Waals surface area (Å²) in [5, 5.41) is 64.3. The van der Waals surface area contributed by atoms with E-state index >= 15 is 0 Å². The molecule has 0 saturated heterocycles. The normalized spacial score (nSPS) is 18.6. The molecule has 6 N–H and O–H groups in total. The molecule has 5 atom stereocenters. The number of hydrogen-bond donors (Lipinski definition) is 6. The summed E-state index contributed by atoms with van der Waals surface area (Å²) >= 11 is 0. The Balaban J connectivity index is 2.49. The highest BCUT2D eigenvalue weighted by Crippen LogP contribution is 2.35. The zero-order chi connectivity index (χ0) is 22.4. The molecule has 0 aliphatic rings. The molecule has 0 aliphatic carbocycles. The molecule has 0 saturated carbocycles. The minimum Gasteiger partial charge on any atom is -0.394 e. The first kappa shape index (κ1) is 24.2. The van der Waals surface area contributed by atoms with E-state index in [1.54, 1.807) is 61.5 Å². The largest absolute Gasteiger partial charge is 0.394 e. The van der Waals surface area contributed by atoms with Gasteiger partial charge in [0.15, 0.2) is 0 Å². The molecule has 0 amide bonds. The van der Waals surface area contributed by atoms with E-state index in [1.165, 1.54) is 0 Å². The van der Waals surface area contributed by atoms with E-state index in [9.17, 15) is 30.6 Å². The van der Waals surface area contributed by atoms with Crippen LogP contribution in [0.3, 0.4) is 0 Å². The minimum absolute atomic E-state index is 0.0130. The van der Waals surface area contributed by atoms with Gasteiger partial charge in [0.1, 0.15) is 29.5 Å². The molecule has 0 radical (unpaired) electrons. The second-order valence-corrected chi connectivity index (χ2v) is 8.15. The van der Waals surface area contributed by atoms with Crippen molar-refractivity contribution in [3.8, 4) is 0 Å². The van der Waals surface area contributed by atoms with Gasteiger partial charge in [0.25, 0.3) is 0 Å². The molecule has 0 aliphatic heterocycles. The van der Waals surface area contributed by atoms with E-state index in [-0.39, 0.29) is 19.3 Å². The number of aliphatic hydroxyl groups is 6. The number of rotatable bonds is 11. The molecule has 0 aromatic heterocycles. The van der Waals surface area contributed by atoms with Crippen LogP contribution in [-0.2, 0) is 12.8 Å². The average molecular weight is 417 g/mol. The maximum absolute atomic E-state index is 11.5. The highest BCUT2D eigenvalue weighted by Gasteiger charge is 2.54. The second kappa shape index (κ2) is 10.3. The molecule has 0 fully saturated rings. The van der Waals surface area contributed by atoms with Gasteiger partial charge in [-0.25, -0.2) is 0 Å². The van der Waals surface area contributed by atoms with Gasteiger partial charge in [0.05, 0.1) is 6.61 Å². The number of aliphatic hydroxyl groups excluding tert-OH is 4. The minimum atomic E-state index is -2.34. The van der Waals surface area contributed by atoms with E-state index in [4.69, 9.17) is 0 Å². The maximum Gasteiger partial charge on any atom is 0.126 e. The van der Waals surface area contributed by atoms with Crippen LogP contribution in [0.5, 0.6) is 0 Å². The van der Waals surface area contributed by atoms with Crippen LogP contribution in [0.15, 0.2) is 72.8 Å². The maximum atomic E-state index is 11.5. The van der Waals surface area contributed by atoms with Gasteiger partial charge in [-0.1, -0.05) is 66.2 Å². The third-order valence-corrected chi connectivity index (χ3v) is 5.34. The standard InChI is InChI=1S/C24H32O6/c1-17(2)13-23(29,14-18-9-5-3-6-10-18)22(28)24(30,21(27)20(26)16-25)15-19-11-7-4-8-12-19/h3-12,20-22,25-30H,1,13-16H2,2H3/t20-,21+,22+,23?,24+/m0/s1. The first-order valence-corrected chi connectivity index (χ1v) is 9.94. The molecule has 0 spiro atoms. The van der Waals surface area contributed by atoms with Crippen molar-refractivity contribution in [2.75, 3.05) is 6.61 Å². The van der Waals surface area contributed by atoms with Crippen LogP contribution in [0, 0.1) is 0 Å². The molecule has 2 aromatic rings. The van der Waals surface area contributed by atoms with Gasteiger partial charge >= 0.3 is 0 Å². The molecule has 30 heavy (non-hydrogen) atoms. The molecule has 6 nitrogen and oxygen atoms in total. The molecule has 0 heterocycles. The Morgan fingerprint density at radius 1 is 0.867 bits per heavy atom. The highest BCUT2D eigenvalue weighted by atomic mass is 16.4. The van der Waals surface area contributed by atoms with Crippen molar-refractivity contribution in [2.45, 2.75) is 55.7 Å². The van der Waals surface area contributed by atoms with Crippen LogP contribution in [0.1, 0.15) is 24.5 Å². The van der Waals surface area contributed by atoms with Crippen LogP contribution in [-0.4, -0.2) is 66.8 Å². The van der Waals surface area contributed by atoms with Gasteiger partial charge in [-0.3, -0.25) is 0 Å². The number of hydrogen-bond acceptors (Lipinski definition) is 6. The van der Waals surface area contributed by atoms with Gasteiger partial charge in [0, 0.05) is 12.8 Å². The monoisotopic (exact) mass is 416 g/mol. The third-order valence-electron chi connectivity index (χ3n) is 5.34. The van der Waals surface area contributed by atoms with E-state index in [0.717, 1.165) is 5.56 Å². The van der Waals surface area contributed by atoms with Crippen LogP contribution in [0.25, 0.3) is 0 Å². The third kappa shape index (κ3) is 5.76. The predicted molar refractivity (Wildman–Crippen MR) is 115 cm³/mol. The molecular formula is C24H32O6. The Bertz CT molecular complexity index is 796. The van der Waals surface area contributed by atoms with Crippen molar-refractivity contribution >= 4 is 0 Å². The average Bonchev–Trinajstić information content (AvgIpc) is 2.72. The Kier molecular flexibility index (Phi) is 8.32. The molecule has 164 valence electrons. The summed E-state index contributed by atoms with van der Waals surface area (Å²) in [5.41, 5.74) is -2.35. The van der Waals surface area contributed by atoms with Crippen molar-refractivity contribution in [3.05, 3.63) is 83.9 Å². The SMILES string of the molecule is C=C(C)CC(O)(Cc1ccccc1)[C@@H](O)[C@@](O)(Cc1ccccc1)[C@H](O)[C@@H](O)CO. The van der Waals surface area contributed by atoms with Crippen molar-refractivity contribution in [1.82, 2.24) is 0 Å². The van der Waals surface area contributed by atoms with Gasteiger partial charge < -0.3 is 30.6 Å². The van der Waals surface area contributed by atoms with Gasteiger partial charge in [-0.05, 0) is 24.5 Å². The van der Waals surface area contributed by atoms with E-state index in [0.29, 0.717) is 11.1 Å². The Morgan fingerprint density at radius 3 is 1.77 bits per heavy atom. The second-order valence-electron chi connectivity index (χ2n) is 8.15. The molecule has 1 unspecified atom stereocenters. The van der Waals surface area contributed by atoms with Crippen molar-refractivity contribution < 1.29 is 30.6 Å². The molecule has 0 bridgehead atoms. The molecule has 6 heteroatoms. The van der Waals surface area contributed by atoms with E-state index < -0.39 is 36.1 Å². The van der Waals surface area contributed by atoms with Crippen molar-refractivity contribution in [3.63, 3.8) is 0 Å². The van der Waals surface area contributed by atoms with Gasteiger partial charge in [0.2, 0.25) is 0 Å². The summed E-state index contributed by atoms with van der Waals surface area (Å²) in [6, 6.07) is 17.6. The Hall–Kier alpha value is -2.06. The molecule has 2 aromatic carbocycles. The summed E-state index contributed by atoms with van der Waals surface area (Å²) in [4.78, 5) is 0. The van der Waals surface area contributed by atoms with Gasteiger partial charge in [-0.15, -0.1) is 6.58 Å². The smallest absolute Gasteiger partial charge is 0.126 e. The quantitative estimate of drug-likeness (QED) is 0.304. The first-order chi connectivity index (χ1) is 14.1. The van der Waals surface area contributed by atoms with Crippen LogP contribution < -0.4 is 0 Å². The first-order valence-electron chi connectivity index (χ1n) is 9.94. The fourth-order valence-corrected chi connectivity index (χ4v) is 3.91. The predicted octanol–water partition coefficient (Wildman–Crippen LogP) is 0.975.